The summed E-state index contributed by atoms with van der Waals surface area (Å²) in [6.45, 7) is 3.08. The molecule has 1 N–H and O–H groups in total. The van der Waals surface area contributed by atoms with Gasteiger partial charge >= 0.3 is 0 Å². The van der Waals surface area contributed by atoms with Crippen molar-refractivity contribution in [2.75, 3.05) is 36.5 Å². The summed E-state index contributed by atoms with van der Waals surface area (Å²) in [6.07, 6.45) is 3.01. The van der Waals surface area contributed by atoms with Crippen LogP contribution < -0.4 is 10.2 Å². The maximum absolute atomic E-state index is 12.1. The van der Waals surface area contributed by atoms with Crippen LogP contribution in [0.3, 0.4) is 0 Å². The Hall–Kier alpha value is -2.34. The van der Waals surface area contributed by atoms with Crippen molar-refractivity contribution in [3.63, 3.8) is 0 Å². The first-order valence-electron chi connectivity index (χ1n) is 6.91. The van der Waals surface area contributed by atoms with E-state index in [0.717, 1.165) is 24.5 Å². The molecular formula is C15H17N3O3. The number of hydrogen-bond acceptors (Lipinski definition) is 5. The van der Waals surface area contributed by atoms with Gasteiger partial charge in [0.05, 0.1) is 36.7 Å². The molecule has 0 spiro atoms. The van der Waals surface area contributed by atoms with Gasteiger partial charge < -0.3 is 19.4 Å². The fourth-order valence-corrected chi connectivity index (χ4v) is 2.34. The Kier molecular flexibility index (Phi) is 4.16. The fraction of sp³-hybridized carbons (Fsp3) is 0.333. The molecule has 0 radical (unpaired) electrons. The van der Waals surface area contributed by atoms with Crippen molar-refractivity contribution in [3.05, 3.63) is 42.6 Å². The zero-order valence-electron chi connectivity index (χ0n) is 11.6. The van der Waals surface area contributed by atoms with E-state index in [-0.39, 0.29) is 12.3 Å². The summed E-state index contributed by atoms with van der Waals surface area (Å²) in [5.74, 6) is -0.107. The average Bonchev–Trinajstić information content (AvgIpc) is 3.01. The van der Waals surface area contributed by atoms with Crippen LogP contribution in [0.25, 0.3) is 0 Å². The number of benzene rings is 1. The Labute approximate surface area is 122 Å². The molecule has 0 atom stereocenters. The molecule has 1 fully saturated rings. The van der Waals surface area contributed by atoms with Gasteiger partial charge in [-0.15, -0.1) is 0 Å². The zero-order valence-corrected chi connectivity index (χ0v) is 11.6. The lowest BCUT2D eigenvalue weighted by atomic mass is 10.2. The van der Waals surface area contributed by atoms with Crippen molar-refractivity contribution in [1.82, 2.24) is 4.98 Å². The smallest absolute Gasteiger partial charge is 0.230 e. The minimum Gasteiger partial charge on any atom is -0.451 e. The predicted molar refractivity (Wildman–Crippen MR) is 78.3 cm³/mol. The molecule has 0 saturated carbocycles. The maximum atomic E-state index is 12.1. The van der Waals surface area contributed by atoms with Crippen LogP contribution in [0.4, 0.5) is 11.4 Å². The normalized spacial score (nSPS) is 15.0. The number of aromatic nitrogens is 1. The molecule has 110 valence electrons. The number of nitrogens with zero attached hydrogens (tertiary/aromatic N) is 2. The van der Waals surface area contributed by atoms with Gasteiger partial charge in [-0.1, -0.05) is 12.1 Å². The summed E-state index contributed by atoms with van der Waals surface area (Å²) in [4.78, 5) is 18.3. The first-order chi connectivity index (χ1) is 10.3. The van der Waals surface area contributed by atoms with E-state index >= 15 is 0 Å². The third-order valence-corrected chi connectivity index (χ3v) is 3.36. The van der Waals surface area contributed by atoms with Crippen molar-refractivity contribution in [2.45, 2.75) is 6.42 Å². The van der Waals surface area contributed by atoms with Crippen LogP contribution in [0.1, 0.15) is 5.69 Å². The second-order valence-electron chi connectivity index (χ2n) is 4.82. The third kappa shape index (κ3) is 3.41. The van der Waals surface area contributed by atoms with Gasteiger partial charge in [-0.3, -0.25) is 4.79 Å². The lowest BCUT2D eigenvalue weighted by Gasteiger charge is -2.30. The predicted octanol–water partition coefficient (Wildman–Crippen LogP) is 1.69. The molecule has 1 amide bonds. The molecular weight excluding hydrogens is 270 g/mol. The highest BCUT2D eigenvalue weighted by Crippen LogP contribution is 2.26. The molecule has 1 aromatic heterocycles. The molecule has 6 heteroatoms. The van der Waals surface area contributed by atoms with Crippen molar-refractivity contribution < 1.29 is 13.9 Å². The van der Waals surface area contributed by atoms with Crippen LogP contribution in [0.2, 0.25) is 0 Å². The van der Waals surface area contributed by atoms with Crippen molar-refractivity contribution in [1.29, 1.82) is 0 Å². The molecule has 3 rings (SSSR count). The Balaban J connectivity index is 1.71. The fourth-order valence-electron chi connectivity index (χ4n) is 2.34. The number of para-hydroxylation sites is 2. The van der Waals surface area contributed by atoms with Gasteiger partial charge in [0, 0.05) is 13.1 Å². The molecule has 1 aliphatic rings. The highest BCUT2D eigenvalue weighted by molar-refractivity contribution is 5.95. The first kappa shape index (κ1) is 13.6. The van der Waals surface area contributed by atoms with Gasteiger partial charge in [0.2, 0.25) is 5.91 Å². The number of carbonyl (C=O) groups excluding carboxylic acids is 1. The number of ether oxygens (including phenoxy) is 1. The third-order valence-electron chi connectivity index (χ3n) is 3.36. The van der Waals surface area contributed by atoms with Crippen LogP contribution in [0.5, 0.6) is 0 Å². The zero-order chi connectivity index (χ0) is 14.5. The molecule has 21 heavy (non-hydrogen) atoms. The summed E-state index contributed by atoms with van der Waals surface area (Å²) >= 11 is 0. The Morgan fingerprint density at radius 2 is 2.10 bits per heavy atom. The number of oxazole rings is 1. The van der Waals surface area contributed by atoms with Gasteiger partial charge in [0.15, 0.2) is 6.39 Å². The molecule has 0 unspecified atom stereocenters. The Morgan fingerprint density at radius 1 is 1.29 bits per heavy atom. The summed E-state index contributed by atoms with van der Waals surface area (Å²) in [7, 11) is 0. The molecule has 1 aromatic carbocycles. The molecule has 0 bridgehead atoms. The summed E-state index contributed by atoms with van der Waals surface area (Å²) < 4.78 is 10.2. The van der Waals surface area contributed by atoms with E-state index in [9.17, 15) is 4.79 Å². The SMILES string of the molecule is O=C(Cc1cocn1)Nc1ccccc1N1CCOCC1. The summed E-state index contributed by atoms with van der Waals surface area (Å²) in [5, 5.41) is 2.94. The monoisotopic (exact) mass is 287 g/mol. The second kappa shape index (κ2) is 6.41. The highest BCUT2D eigenvalue weighted by Gasteiger charge is 2.16. The van der Waals surface area contributed by atoms with Gasteiger partial charge in [-0.25, -0.2) is 4.98 Å². The van der Waals surface area contributed by atoms with Crippen LogP contribution in [-0.4, -0.2) is 37.2 Å². The summed E-state index contributed by atoms with van der Waals surface area (Å²) in [5.41, 5.74) is 2.46. The Morgan fingerprint density at radius 3 is 2.86 bits per heavy atom. The number of hydrogen-bond donors (Lipinski definition) is 1. The van der Waals surface area contributed by atoms with E-state index in [2.05, 4.69) is 15.2 Å². The average molecular weight is 287 g/mol. The van der Waals surface area contributed by atoms with E-state index < -0.39 is 0 Å². The van der Waals surface area contributed by atoms with Crippen LogP contribution in [-0.2, 0) is 16.0 Å². The number of anilines is 2. The minimum atomic E-state index is -0.107. The quantitative estimate of drug-likeness (QED) is 0.927. The van der Waals surface area contributed by atoms with E-state index in [1.54, 1.807) is 0 Å². The molecule has 1 aliphatic heterocycles. The van der Waals surface area contributed by atoms with Crippen molar-refractivity contribution >= 4 is 17.3 Å². The van der Waals surface area contributed by atoms with Crippen LogP contribution in [0.15, 0.2) is 41.3 Å². The van der Waals surface area contributed by atoms with Gasteiger partial charge in [0.1, 0.15) is 6.26 Å². The van der Waals surface area contributed by atoms with E-state index in [4.69, 9.17) is 9.15 Å². The van der Waals surface area contributed by atoms with Gasteiger partial charge in [-0.05, 0) is 12.1 Å². The standard InChI is InChI=1S/C15H17N3O3/c19-15(9-12-10-21-11-16-12)17-13-3-1-2-4-14(13)18-5-7-20-8-6-18/h1-4,10-11H,5-9H2,(H,17,19). The van der Waals surface area contributed by atoms with Crippen LogP contribution >= 0.6 is 0 Å². The molecule has 6 nitrogen and oxygen atoms in total. The number of carbonyl (C=O) groups is 1. The van der Waals surface area contributed by atoms with Gasteiger partial charge in [-0.2, -0.15) is 0 Å². The topological polar surface area (TPSA) is 67.6 Å². The molecule has 2 aromatic rings. The molecule has 2 heterocycles. The number of nitrogens with one attached hydrogen (secondary N) is 1. The maximum Gasteiger partial charge on any atom is 0.230 e. The Bertz CT molecular complexity index is 592. The first-order valence-corrected chi connectivity index (χ1v) is 6.91. The van der Waals surface area contributed by atoms with E-state index in [1.165, 1.54) is 12.7 Å². The van der Waals surface area contributed by atoms with Crippen LogP contribution in [0, 0.1) is 0 Å². The second-order valence-corrected chi connectivity index (χ2v) is 4.82. The van der Waals surface area contributed by atoms with E-state index in [0.29, 0.717) is 18.9 Å². The molecule has 0 aliphatic carbocycles. The van der Waals surface area contributed by atoms with Crippen molar-refractivity contribution in [2.24, 2.45) is 0 Å². The minimum absolute atomic E-state index is 0.107. The van der Waals surface area contributed by atoms with Crippen molar-refractivity contribution in [3.8, 4) is 0 Å². The number of rotatable bonds is 4. The highest BCUT2D eigenvalue weighted by atomic mass is 16.5. The van der Waals surface area contributed by atoms with Gasteiger partial charge in [0.25, 0.3) is 0 Å². The lowest BCUT2D eigenvalue weighted by molar-refractivity contribution is -0.115. The number of amides is 1. The van der Waals surface area contributed by atoms with E-state index in [1.807, 2.05) is 24.3 Å². The summed E-state index contributed by atoms with van der Waals surface area (Å²) in [6, 6.07) is 7.80. The number of morpholine rings is 1. The lowest BCUT2D eigenvalue weighted by Crippen LogP contribution is -2.36. The largest absolute Gasteiger partial charge is 0.451 e. The molecule has 1 saturated heterocycles.